The van der Waals surface area contributed by atoms with E-state index >= 15 is 0 Å². The molecule has 0 aliphatic rings. The number of hydrogen-bond acceptors (Lipinski definition) is 0. The van der Waals surface area contributed by atoms with Crippen molar-refractivity contribution in [3.05, 3.63) is 12.2 Å². The molecule has 35 valence electrons. The van der Waals surface area contributed by atoms with Crippen LogP contribution in [-0.2, 0) is 0 Å². The quantitative estimate of drug-likeness (QED) is 0.387. The molecule has 2 heteroatoms. The van der Waals surface area contributed by atoms with Gasteiger partial charge in [0.15, 0.2) is 0 Å². The first kappa shape index (κ1) is 6.38. The van der Waals surface area contributed by atoms with E-state index in [4.69, 9.17) is 11.6 Å². The topological polar surface area (TPSA) is 0 Å². The zero-order valence-corrected chi connectivity index (χ0v) is 4.98. The lowest BCUT2D eigenvalue weighted by Crippen LogP contribution is -1.79. The van der Waals surface area contributed by atoms with Crippen LogP contribution in [0.25, 0.3) is 0 Å². The number of hydrogen-bond donors (Lipinski definition) is 0. The Bertz CT molecular complexity index is 45.5. The Morgan fingerprint density at radius 3 is 2.33 bits per heavy atom. The van der Waals surface area contributed by atoms with Gasteiger partial charge in [0.1, 0.15) is 0 Å². The first-order valence-corrected chi connectivity index (χ1v) is 2.73. The molecule has 0 atom stereocenters. The molecule has 0 nitrogen and oxygen atoms in total. The molecule has 0 saturated carbocycles. The van der Waals surface area contributed by atoms with Gasteiger partial charge in [0.2, 0.25) is 0 Å². The van der Waals surface area contributed by atoms with Gasteiger partial charge in [-0.25, -0.2) is 0 Å². The Kier molecular flexibility index (Phi) is 3.79. The monoisotopic (exact) mass is 121 g/mol. The average Bonchev–Trinajstić information content (AvgIpc) is 1.65. The van der Waals surface area contributed by atoms with E-state index < -0.39 is 0 Å². The molecule has 0 unspecified atom stereocenters. The van der Waals surface area contributed by atoms with Gasteiger partial charge in [0.05, 0.1) is 0 Å². The van der Waals surface area contributed by atoms with Gasteiger partial charge in [0, 0.05) is 11.6 Å². The second-order valence-electron chi connectivity index (χ2n) is 1.03. The van der Waals surface area contributed by atoms with Gasteiger partial charge in [-0.2, -0.15) is 0 Å². The summed E-state index contributed by atoms with van der Waals surface area (Å²) in [7, 11) is 0. The van der Waals surface area contributed by atoms with E-state index in [1.807, 2.05) is 0 Å². The maximum atomic E-state index is 5.29. The molecule has 0 heterocycles. The summed E-state index contributed by atoms with van der Waals surface area (Å²) in [6, 6.07) is 0. The molecule has 0 spiro atoms. The third kappa shape index (κ3) is 2.61. The third-order valence-electron chi connectivity index (χ3n) is 0.393. The van der Waals surface area contributed by atoms with Crippen molar-refractivity contribution >= 4 is 24.2 Å². The number of rotatable bonds is 2. The van der Waals surface area contributed by atoms with E-state index in [1.54, 1.807) is 0 Å². The molecule has 0 aliphatic heterocycles. The van der Waals surface area contributed by atoms with E-state index in [-0.39, 0.29) is 0 Å². The summed E-state index contributed by atoms with van der Waals surface area (Å²) < 4.78 is 0. The number of halogens is 1. The molecule has 0 rings (SSSR count). The molecule has 0 fully saturated rings. The fraction of sp³-hybridized carbons (Fsp3) is 0.500. The largest absolute Gasteiger partial charge is 0.122 e. The van der Waals surface area contributed by atoms with Crippen LogP contribution >= 0.6 is 24.2 Å². The highest BCUT2D eigenvalue weighted by Gasteiger charge is 1.81. The van der Waals surface area contributed by atoms with Crippen molar-refractivity contribution < 1.29 is 0 Å². The Hall–Kier alpha value is 0.380. The molecule has 6 heavy (non-hydrogen) atoms. The minimum absolute atomic E-state index is 0.503. The predicted octanol–water partition coefficient (Wildman–Crippen LogP) is 1.98. The zero-order valence-electron chi connectivity index (χ0n) is 3.41. The van der Waals surface area contributed by atoms with Crippen LogP contribution in [0.15, 0.2) is 12.2 Å². The molecular weight excluding hydrogens is 116 g/mol. The molecule has 0 aromatic carbocycles. The molecule has 1 radical (unpaired) electrons. The van der Waals surface area contributed by atoms with E-state index in [0.717, 1.165) is 5.57 Å². The van der Waals surface area contributed by atoms with Gasteiger partial charge in [-0.05, 0) is 0 Å². The van der Waals surface area contributed by atoms with Gasteiger partial charge in [0.25, 0.3) is 0 Å². The van der Waals surface area contributed by atoms with Crippen LogP contribution in [0.4, 0.5) is 0 Å². The summed E-state index contributed by atoms with van der Waals surface area (Å²) in [4.78, 5) is 0. The summed E-state index contributed by atoms with van der Waals surface area (Å²) in [6.45, 7) is 3.56. The van der Waals surface area contributed by atoms with E-state index in [2.05, 4.69) is 19.2 Å². The van der Waals surface area contributed by atoms with Gasteiger partial charge in [-0.1, -0.05) is 24.8 Å². The lowest BCUT2D eigenvalue weighted by molar-refractivity contribution is 1.46. The molecule has 0 amide bonds. The van der Waals surface area contributed by atoms with Crippen LogP contribution in [0.1, 0.15) is 0 Å². The molecule has 0 aromatic rings. The first-order valence-electron chi connectivity index (χ1n) is 1.62. The van der Waals surface area contributed by atoms with Crippen molar-refractivity contribution in [2.45, 2.75) is 0 Å². The second-order valence-corrected chi connectivity index (χ2v) is 1.58. The van der Waals surface area contributed by atoms with Crippen LogP contribution < -0.4 is 0 Å². The third-order valence-corrected chi connectivity index (χ3v) is 1.18. The molecule has 0 bridgehead atoms. The van der Waals surface area contributed by atoms with Crippen molar-refractivity contribution in [3.8, 4) is 0 Å². The van der Waals surface area contributed by atoms with Crippen LogP contribution in [-0.4, -0.2) is 11.6 Å². The highest BCUT2D eigenvalue weighted by molar-refractivity contribution is 7.80. The minimum Gasteiger partial charge on any atom is -0.122 e. The van der Waals surface area contributed by atoms with Crippen molar-refractivity contribution in [2.24, 2.45) is 0 Å². The fourth-order valence-corrected chi connectivity index (χ4v) is 0.347. The smallest absolute Gasteiger partial charge is 0.0439 e. The molecule has 0 aliphatic carbocycles. The SMILES string of the molecule is C=C(C[S])CCl. The van der Waals surface area contributed by atoms with Crippen molar-refractivity contribution in [3.63, 3.8) is 0 Å². The van der Waals surface area contributed by atoms with Crippen LogP contribution in [0.5, 0.6) is 0 Å². The number of alkyl halides is 1. The van der Waals surface area contributed by atoms with Gasteiger partial charge < -0.3 is 0 Å². The zero-order chi connectivity index (χ0) is 4.99. The Morgan fingerprint density at radius 2 is 2.33 bits per heavy atom. The molecular formula is C4H6ClS. The summed E-state index contributed by atoms with van der Waals surface area (Å²) in [5.74, 6) is 1.09. The van der Waals surface area contributed by atoms with Crippen LogP contribution in [0, 0.1) is 0 Å². The molecule has 0 aromatic heterocycles. The van der Waals surface area contributed by atoms with Gasteiger partial charge in [-0.15, -0.1) is 11.6 Å². The first-order chi connectivity index (χ1) is 2.81. The highest BCUT2D eigenvalue weighted by Crippen LogP contribution is 1.93. The summed E-state index contributed by atoms with van der Waals surface area (Å²) in [5, 5.41) is 0. The minimum atomic E-state index is 0.503. The fourth-order valence-electron chi connectivity index (χ4n) is 0.0386. The summed E-state index contributed by atoms with van der Waals surface area (Å²) >= 11 is 9.88. The predicted molar refractivity (Wildman–Crippen MR) is 32.3 cm³/mol. The summed E-state index contributed by atoms with van der Waals surface area (Å²) in [6.07, 6.45) is 0. The lowest BCUT2D eigenvalue weighted by atomic mass is 10.4. The van der Waals surface area contributed by atoms with Gasteiger partial charge in [-0.3, -0.25) is 0 Å². The molecule has 0 saturated heterocycles. The van der Waals surface area contributed by atoms with E-state index in [1.165, 1.54) is 0 Å². The maximum Gasteiger partial charge on any atom is 0.0439 e. The average molecular weight is 122 g/mol. The normalized spacial score (nSPS) is 8.33. The van der Waals surface area contributed by atoms with E-state index in [0.29, 0.717) is 11.6 Å². The lowest BCUT2D eigenvalue weighted by Gasteiger charge is -1.85. The highest BCUT2D eigenvalue weighted by atomic mass is 35.5. The van der Waals surface area contributed by atoms with Crippen molar-refractivity contribution in [2.75, 3.05) is 11.6 Å². The molecule has 0 N–H and O–H groups in total. The van der Waals surface area contributed by atoms with Crippen LogP contribution in [0.3, 0.4) is 0 Å². The summed E-state index contributed by atoms with van der Waals surface area (Å²) in [5.41, 5.74) is 0.923. The Balaban J connectivity index is 2.99. The van der Waals surface area contributed by atoms with Crippen molar-refractivity contribution in [1.82, 2.24) is 0 Å². The maximum absolute atomic E-state index is 5.29. The second kappa shape index (κ2) is 3.57. The van der Waals surface area contributed by atoms with Gasteiger partial charge >= 0.3 is 0 Å². The standard InChI is InChI=1S/C4H6ClS/c1-4(2-5)3-6/h1-3H2. The Labute approximate surface area is 48.6 Å². The Morgan fingerprint density at radius 1 is 1.83 bits per heavy atom. The van der Waals surface area contributed by atoms with Crippen molar-refractivity contribution in [1.29, 1.82) is 0 Å². The van der Waals surface area contributed by atoms with Crippen LogP contribution in [0.2, 0.25) is 0 Å². The van der Waals surface area contributed by atoms with E-state index in [9.17, 15) is 0 Å².